The second-order valence-corrected chi connectivity index (χ2v) is 20.1. The number of allylic oxidation sites excluding steroid dienone is 4. The van der Waals surface area contributed by atoms with Crippen molar-refractivity contribution in [3.05, 3.63) is 90.4 Å². The highest BCUT2D eigenvalue weighted by molar-refractivity contribution is 6.08. The summed E-state index contributed by atoms with van der Waals surface area (Å²) in [4.78, 5) is 31.1. The summed E-state index contributed by atoms with van der Waals surface area (Å²) in [5, 5.41) is 26.4. The number of ether oxygens (including phenoxy) is 1. The van der Waals surface area contributed by atoms with Crippen LogP contribution in [-0.4, -0.2) is 51.8 Å². The molecule has 9 aliphatic rings. The summed E-state index contributed by atoms with van der Waals surface area (Å²) >= 11 is 0. The summed E-state index contributed by atoms with van der Waals surface area (Å²) in [5.41, 5.74) is -1.85. The number of Topliss-reactive ketones (excluding diaryl/α,β-unsaturated/α-hetero) is 1. The van der Waals surface area contributed by atoms with E-state index in [-0.39, 0.29) is 35.0 Å². The van der Waals surface area contributed by atoms with Gasteiger partial charge < -0.3 is 24.3 Å². The first-order valence-corrected chi connectivity index (χ1v) is 21.1. The molecule has 7 heteroatoms. The lowest BCUT2D eigenvalue weighted by atomic mass is 9.32. The second kappa shape index (κ2) is 11.9. The van der Waals surface area contributed by atoms with Gasteiger partial charge in [-0.3, -0.25) is 4.79 Å². The van der Waals surface area contributed by atoms with E-state index < -0.39 is 34.0 Å². The van der Waals surface area contributed by atoms with Gasteiger partial charge in [0, 0.05) is 28.4 Å². The van der Waals surface area contributed by atoms with Crippen molar-refractivity contribution in [3.8, 4) is 5.75 Å². The fraction of sp³-hybridized carbons (Fsp3) is 0.583. The van der Waals surface area contributed by atoms with Gasteiger partial charge in [-0.25, -0.2) is 4.79 Å². The normalized spacial score (nSPS) is 41.7. The van der Waals surface area contributed by atoms with Crippen LogP contribution in [0.1, 0.15) is 102 Å². The molecule has 6 saturated carbocycles. The van der Waals surface area contributed by atoms with Gasteiger partial charge in [0.2, 0.25) is 5.78 Å². The molecule has 4 bridgehead atoms. The number of nitrogens with zero attached hydrogens (tertiary/aromatic N) is 1. The Morgan fingerprint density at radius 2 is 1.64 bits per heavy atom. The maximum Gasteiger partial charge on any atom is 0.415 e. The Labute approximate surface area is 325 Å². The van der Waals surface area contributed by atoms with E-state index in [0.717, 1.165) is 60.8 Å². The van der Waals surface area contributed by atoms with Gasteiger partial charge in [0.1, 0.15) is 5.75 Å². The molecule has 55 heavy (non-hydrogen) atoms. The summed E-state index contributed by atoms with van der Waals surface area (Å²) in [6.07, 6.45) is 16.3. The van der Waals surface area contributed by atoms with E-state index in [4.69, 9.17) is 9.15 Å². The highest BCUT2D eigenvalue weighted by Gasteiger charge is 2.75. The summed E-state index contributed by atoms with van der Waals surface area (Å²) in [7, 11) is 0. The average Bonchev–Trinajstić information content (AvgIpc) is 3.80. The molecule has 12 rings (SSSR count). The zero-order valence-corrected chi connectivity index (χ0v) is 32.9. The van der Waals surface area contributed by atoms with Crippen LogP contribution in [0.25, 0.3) is 10.8 Å². The number of aliphatic hydroxyl groups excluding tert-OH is 1. The third kappa shape index (κ3) is 4.81. The van der Waals surface area contributed by atoms with Crippen molar-refractivity contribution in [2.24, 2.45) is 56.7 Å². The van der Waals surface area contributed by atoms with Crippen molar-refractivity contribution >= 4 is 22.6 Å². The Morgan fingerprint density at radius 3 is 2.40 bits per heavy atom. The van der Waals surface area contributed by atoms with Crippen LogP contribution in [0.4, 0.5) is 4.79 Å². The number of hydrogen-bond donors (Lipinski definition) is 2. The van der Waals surface area contributed by atoms with E-state index in [9.17, 15) is 19.8 Å². The lowest BCUT2D eigenvalue weighted by molar-refractivity contribution is -0.176. The highest BCUT2D eigenvalue weighted by atomic mass is 16.6. The number of hydrogen-bond acceptors (Lipinski definition) is 6. The van der Waals surface area contributed by atoms with Crippen LogP contribution in [0.5, 0.6) is 5.75 Å². The van der Waals surface area contributed by atoms with E-state index >= 15 is 0 Å². The zero-order chi connectivity index (χ0) is 38.2. The minimum absolute atomic E-state index is 0.0218. The Hall–Kier alpha value is -3.68. The molecular formula is C48H57NO6. The van der Waals surface area contributed by atoms with Crippen LogP contribution in [-0.2, 0) is 0 Å². The van der Waals surface area contributed by atoms with Gasteiger partial charge in [-0.2, -0.15) is 0 Å². The van der Waals surface area contributed by atoms with Crippen molar-refractivity contribution in [1.29, 1.82) is 0 Å². The molecule has 2 aromatic carbocycles. The van der Waals surface area contributed by atoms with Gasteiger partial charge in [-0.15, -0.1) is 0 Å². The van der Waals surface area contributed by atoms with Crippen molar-refractivity contribution in [2.75, 3.05) is 13.1 Å². The maximum absolute atomic E-state index is 14.7. The third-order valence-corrected chi connectivity index (χ3v) is 17.8. The number of furan rings is 1. The number of rotatable bonds is 7. The third-order valence-electron chi connectivity index (χ3n) is 17.8. The molecule has 2 N–H and O–H groups in total. The minimum Gasteiger partial charge on any atom is -0.461 e. The van der Waals surface area contributed by atoms with Crippen LogP contribution in [0, 0.1) is 56.7 Å². The molecule has 6 fully saturated rings. The van der Waals surface area contributed by atoms with Crippen molar-refractivity contribution in [1.82, 2.24) is 4.90 Å². The number of aliphatic hydroxyl groups is 2. The first-order chi connectivity index (χ1) is 26.2. The Kier molecular flexibility index (Phi) is 7.74. The Bertz CT molecular complexity index is 2120. The van der Waals surface area contributed by atoms with E-state index in [1.807, 2.05) is 41.3 Å². The van der Waals surface area contributed by atoms with Gasteiger partial charge in [0.25, 0.3) is 0 Å². The molecular weight excluding hydrogens is 687 g/mol. The fourth-order valence-corrected chi connectivity index (χ4v) is 14.5. The zero-order valence-electron chi connectivity index (χ0n) is 32.9. The van der Waals surface area contributed by atoms with Crippen LogP contribution >= 0.6 is 0 Å². The first-order valence-electron chi connectivity index (χ1n) is 21.1. The monoisotopic (exact) mass is 743 g/mol. The predicted molar refractivity (Wildman–Crippen MR) is 211 cm³/mol. The van der Waals surface area contributed by atoms with Crippen molar-refractivity contribution < 1.29 is 29.0 Å². The minimum atomic E-state index is -1.19. The van der Waals surface area contributed by atoms with Crippen LogP contribution in [0.15, 0.2) is 89.1 Å². The van der Waals surface area contributed by atoms with Crippen LogP contribution in [0.3, 0.4) is 0 Å². The van der Waals surface area contributed by atoms with E-state index in [1.54, 1.807) is 18.4 Å². The number of carbonyl (C=O) groups excluding carboxylic acids is 2. The van der Waals surface area contributed by atoms with Crippen LogP contribution in [0.2, 0.25) is 0 Å². The molecule has 1 aromatic heterocycles. The number of ketones is 1. The molecule has 290 valence electrons. The van der Waals surface area contributed by atoms with E-state index in [2.05, 4.69) is 52.0 Å². The van der Waals surface area contributed by atoms with Gasteiger partial charge in [0.05, 0.1) is 24.5 Å². The lowest BCUT2D eigenvalue weighted by Crippen LogP contribution is -2.67. The van der Waals surface area contributed by atoms with E-state index in [1.165, 1.54) is 12.8 Å². The molecule has 1 heterocycles. The van der Waals surface area contributed by atoms with Gasteiger partial charge in [-0.05, 0) is 140 Å². The molecule has 0 radical (unpaired) electrons. The molecule has 0 saturated heterocycles. The smallest absolute Gasteiger partial charge is 0.415 e. The number of amides is 1. The molecule has 9 aliphatic carbocycles. The molecule has 3 aromatic rings. The second-order valence-electron chi connectivity index (χ2n) is 20.1. The van der Waals surface area contributed by atoms with Crippen LogP contribution < -0.4 is 4.74 Å². The fourth-order valence-electron chi connectivity index (χ4n) is 14.5. The number of carbonyl (C=O) groups is 2. The highest BCUT2D eigenvalue weighted by Crippen LogP contribution is 2.78. The molecule has 0 aliphatic heterocycles. The number of benzene rings is 2. The SMILES string of the molecule is CC1(C)C2CCC(CN(CC3(O)CCC4C56C=CC7(C=C5C(=O)c5ccco5)CC(O)CCC7(C)C6CCC43C)C(=O)Oc3ccc4ccccc4c3)C1C2. The summed E-state index contributed by atoms with van der Waals surface area (Å²) in [6.45, 7) is 10.2. The van der Waals surface area contributed by atoms with Gasteiger partial charge in [0.15, 0.2) is 5.76 Å². The quantitative estimate of drug-likeness (QED) is 0.185. The molecule has 11 unspecified atom stereocenters. The molecule has 2 spiro atoms. The van der Waals surface area contributed by atoms with Gasteiger partial charge >= 0.3 is 6.09 Å². The summed E-state index contributed by atoms with van der Waals surface area (Å²) in [5.74, 6) is 2.57. The topological polar surface area (TPSA) is 100 Å². The van der Waals surface area contributed by atoms with Crippen molar-refractivity contribution in [2.45, 2.75) is 104 Å². The first kappa shape index (κ1) is 35.7. The lowest BCUT2D eigenvalue weighted by Gasteiger charge is -2.71. The molecule has 7 nitrogen and oxygen atoms in total. The average molecular weight is 744 g/mol. The predicted octanol–water partition coefficient (Wildman–Crippen LogP) is 9.78. The Morgan fingerprint density at radius 1 is 0.873 bits per heavy atom. The standard InChI is InChI=1S/C48H57NO6/c1-43(2)33-13-11-32(36(43)25-33)28-49(42(52)55-35-14-12-30-8-5-6-9-31(30)24-35)29-47(53)20-17-40-45(47,4)19-16-39-44(3)18-15-34(50)26-46(44)21-22-48(39,40)37(27-46)41(51)38-10-7-23-54-38/h5-10,12,14,21-24,27,32-34,36,39-40,50,53H,11,13,15-20,25-26,28-29H2,1-4H3. The van der Waals surface area contributed by atoms with Crippen molar-refractivity contribution in [3.63, 3.8) is 0 Å². The molecule has 11 atom stereocenters. The summed E-state index contributed by atoms with van der Waals surface area (Å²) < 4.78 is 12.0. The maximum atomic E-state index is 14.7. The molecule has 1 amide bonds. The van der Waals surface area contributed by atoms with Gasteiger partial charge in [-0.1, -0.05) is 76.3 Å². The number of fused-ring (bicyclic) bond motifs is 4. The summed E-state index contributed by atoms with van der Waals surface area (Å²) in [6, 6.07) is 17.4. The van der Waals surface area contributed by atoms with E-state index in [0.29, 0.717) is 42.7 Å². The Balaban J connectivity index is 1.01. The largest absolute Gasteiger partial charge is 0.461 e.